The standard InChI is InChI=1S/C19H28N2O4S/c1-19(2,3)25-18(23)21-10-11-24-13-16(21)17(22)20-9-12-26-14-15-7-5-4-6-8-15/h4-8,16H,9-14H2,1-3H3,(H,20,22). The van der Waals surface area contributed by atoms with E-state index in [1.54, 1.807) is 11.8 Å². The van der Waals surface area contributed by atoms with Crippen molar-refractivity contribution in [3.05, 3.63) is 35.9 Å². The van der Waals surface area contributed by atoms with E-state index in [0.717, 1.165) is 11.5 Å². The van der Waals surface area contributed by atoms with Crippen molar-refractivity contribution < 1.29 is 19.1 Å². The third-order valence-electron chi connectivity index (χ3n) is 3.72. The van der Waals surface area contributed by atoms with Gasteiger partial charge in [-0.1, -0.05) is 30.3 Å². The van der Waals surface area contributed by atoms with E-state index >= 15 is 0 Å². The average molecular weight is 381 g/mol. The molecule has 26 heavy (non-hydrogen) atoms. The van der Waals surface area contributed by atoms with Gasteiger partial charge in [-0.15, -0.1) is 0 Å². The van der Waals surface area contributed by atoms with Gasteiger partial charge in [-0.3, -0.25) is 9.69 Å². The molecule has 0 bridgehead atoms. The molecular formula is C19H28N2O4S. The molecule has 1 saturated heterocycles. The third-order valence-corrected chi connectivity index (χ3v) is 4.75. The average Bonchev–Trinajstić information content (AvgIpc) is 2.60. The second kappa shape index (κ2) is 9.83. The number of morpholine rings is 1. The number of nitrogens with one attached hydrogen (secondary N) is 1. The van der Waals surface area contributed by atoms with Crippen molar-refractivity contribution in [2.24, 2.45) is 0 Å². The van der Waals surface area contributed by atoms with Gasteiger partial charge in [-0.05, 0) is 26.3 Å². The van der Waals surface area contributed by atoms with Crippen LogP contribution < -0.4 is 5.32 Å². The predicted molar refractivity (Wildman–Crippen MR) is 103 cm³/mol. The van der Waals surface area contributed by atoms with Crippen LogP contribution in [0.1, 0.15) is 26.3 Å². The van der Waals surface area contributed by atoms with Crippen LogP contribution >= 0.6 is 11.8 Å². The highest BCUT2D eigenvalue weighted by Crippen LogP contribution is 2.15. The normalized spacial score (nSPS) is 17.7. The number of nitrogens with zero attached hydrogens (tertiary/aromatic N) is 1. The van der Waals surface area contributed by atoms with Crippen molar-refractivity contribution in [1.29, 1.82) is 0 Å². The van der Waals surface area contributed by atoms with Gasteiger partial charge in [-0.2, -0.15) is 11.8 Å². The SMILES string of the molecule is CC(C)(C)OC(=O)N1CCOCC1C(=O)NCCSCc1ccccc1. The lowest BCUT2D eigenvalue weighted by Crippen LogP contribution is -2.57. The molecule has 0 saturated carbocycles. The van der Waals surface area contributed by atoms with Crippen LogP contribution in [0.5, 0.6) is 0 Å². The highest BCUT2D eigenvalue weighted by atomic mass is 32.2. The van der Waals surface area contributed by atoms with Crippen LogP contribution in [0, 0.1) is 0 Å². The molecule has 0 aromatic heterocycles. The molecule has 7 heteroatoms. The van der Waals surface area contributed by atoms with E-state index in [4.69, 9.17) is 9.47 Å². The van der Waals surface area contributed by atoms with E-state index in [1.807, 2.05) is 39.0 Å². The molecule has 0 radical (unpaired) electrons. The quantitative estimate of drug-likeness (QED) is 0.769. The van der Waals surface area contributed by atoms with Crippen LogP contribution in [-0.4, -0.2) is 60.6 Å². The second-order valence-corrected chi connectivity index (χ2v) is 8.20. The summed E-state index contributed by atoms with van der Waals surface area (Å²) in [6.07, 6.45) is -0.473. The van der Waals surface area contributed by atoms with Crippen molar-refractivity contribution in [3.63, 3.8) is 0 Å². The van der Waals surface area contributed by atoms with E-state index in [1.165, 1.54) is 10.5 Å². The molecule has 0 aliphatic carbocycles. The van der Waals surface area contributed by atoms with Crippen LogP contribution in [0.3, 0.4) is 0 Å². The van der Waals surface area contributed by atoms with Crippen LogP contribution in [0.25, 0.3) is 0 Å². The monoisotopic (exact) mass is 380 g/mol. The number of carbonyl (C=O) groups is 2. The number of amides is 2. The third kappa shape index (κ3) is 6.88. The zero-order chi connectivity index (χ0) is 19.0. The summed E-state index contributed by atoms with van der Waals surface area (Å²) < 4.78 is 10.8. The Kier molecular flexibility index (Phi) is 7.78. The molecule has 1 aliphatic rings. The number of hydrogen-bond donors (Lipinski definition) is 1. The summed E-state index contributed by atoms with van der Waals surface area (Å²) in [6, 6.07) is 9.57. The van der Waals surface area contributed by atoms with Crippen LogP contribution in [-0.2, 0) is 20.0 Å². The van der Waals surface area contributed by atoms with Gasteiger partial charge < -0.3 is 14.8 Å². The van der Waals surface area contributed by atoms with Gasteiger partial charge in [0, 0.05) is 24.6 Å². The van der Waals surface area contributed by atoms with Crippen molar-refractivity contribution >= 4 is 23.8 Å². The second-order valence-electron chi connectivity index (χ2n) is 7.09. The molecule has 1 fully saturated rings. The predicted octanol–water partition coefficient (Wildman–Crippen LogP) is 2.67. The molecule has 1 unspecified atom stereocenters. The van der Waals surface area contributed by atoms with Crippen molar-refractivity contribution in [2.75, 3.05) is 32.1 Å². The largest absolute Gasteiger partial charge is 0.444 e. The van der Waals surface area contributed by atoms with Crippen molar-refractivity contribution in [3.8, 4) is 0 Å². The van der Waals surface area contributed by atoms with Gasteiger partial charge in [0.2, 0.25) is 5.91 Å². The summed E-state index contributed by atoms with van der Waals surface area (Å²) in [6.45, 7) is 6.95. The van der Waals surface area contributed by atoms with E-state index in [2.05, 4.69) is 17.4 Å². The Morgan fingerprint density at radius 2 is 2.04 bits per heavy atom. The molecule has 1 atom stereocenters. The maximum absolute atomic E-state index is 12.5. The van der Waals surface area contributed by atoms with Gasteiger partial charge in [0.25, 0.3) is 0 Å². The molecule has 2 rings (SSSR count). The Bertz CT molecular complexity index is 589. The molecule has 1 aromatic rings. The maximum Gasteiger partial charge on any atom is 0.411 e. The fraction of sp³-hybridized carbons (Fsp3) is 0.579. The molecule has 6 nitrogen and oxygen atoms in total. The maximum atomic E-state index is 12.5. The van der Waals surface area contributed by atoms with Crippen LogP contribution in [0.15, 0.2) is 30.3 Å². The first-order valence-corrected chi connectivity index (χ1v) is 9.99. The Morgan fingerprint density at radius 1 is 1.31 bits per heavy atom. The van der Waals surface area contributed by atoms with Gasteiger partial charge in [0.15, 0.2) is 0 Å². The molecule has 1 heterocycles. The van der Waals surface area contributed by atoms with Gasteiger partial charge in [0.05, 0.1) is 13.2 Å². The van der Waals surface area contributed by atoms with E-state index in [0.29, 0.717) is 19.7 Å². The summed E-state index contributed by atoms with van der Waals surface area (Å²) in [5.74, 6) is 1.52. The number of rotatable bonds is 6. The molecule has 0 spiro atoms. The first kappa shape index (κ1) is 20.6. The summed E-state index contributed by atoms with van der Waals surface area (Å²) in [5.41, 5.74) is 0.672. The number of hydrogen-bond acceptors (Lipinski definition) is 5. The van der Waals surface area contributed by atoms with Crippen LogP contribution in [0.4, 0.5) is 4.79 Å². The highest BCUT2D eigenvalue weighted by molar-refractivity contribution is 7.98. The zero-order valence-electron chi connectivity index (χ0n) is 15.7. The van der Waals surface area contributed by atoms with Crippen molar-refractivity contribution in [2.45, 2.75) is 38.2 Å². The Labute approximate surface area is 159 Å². The summed E-state index contributed by atoms with van der Waals surface area (Å²) in [5, 5.41) is 2.90. The molecule has 1 N–H and O–H groups in total. The first-order chi connectivity index (χ1) is 12.4. The lowest BCUT2D eigenvalue weighted by atomic mass is 10.2. The van der Waals surface area contributed by atoms with E-state index in [-0.39, 0.29) is 12.5 Å². The lowest BCUT2D eigenvalue weighted by molar-refractivity contribution is -0.132. The topological polar surface area (TPSA) is 67.9 Å². The Morgan fingerprint density at radius 3 is 2.73 bits per heavy atom. The summed E-state index contributed by atoms with van der Waals surface area (Å²) in [7, 11) is 0. The number of thioether (sulfide) groups is 1. The molecule has 2 amide bonds. The molecular weight excluding hydrogens is 352 g/mol. The summed E-state index contributed by atoms with van der Waals surface area (Å²) in [4.78, 5) is 26.2. The first-order valence-electron chi connectivity index (χ1n) is 8.83. The molecule has 1 aliphatic heterocycles. The van der Waals surface area contributed by atoms with Crippen LogP contribution in [0.2, 0.25) is 0 Å². The van der Waals surface area contributed by atoms with Gasteiger partial charge >= 0.3 is 6.09 Å². The fourth-order valence-corrected chi connectivity index (χ4v) is 3.31. The van der Waals surface area contributed by atoms with Gasteiger partial charge in [0.1, 0.15) is 11.6 Å². The summed E-state index contributed by atoms with van der Waals surface area (Å²) >= 11 is 1.76. The fourth-order valence-electron chi connectivity index (χ4n) is 2.49. The number of ether oxygens (including phenoxy) is 2. The van der Waals surface area contributed by atoms with Gasteiger partial charge in [-0.25, -0.2) is 4.79 Å². The minimum absolute atomic E-state index is 0.197. The highest BCUT2D eigenvalue weighted by Gasteiger charge is 2.35. The minimum atomic E-state index is -0.641. The zero-order valence-corrected chi connectivity index (χ0v) is 16.5. The van der Waals surface area contributed by atoms with Crippen molar-refractivity contribution in [1.82, 2.24) is 10.2 Å². The Balaban J connectivity index is 1.76. The molecule has 144 valence electrons. The number of benzene rings is 1. The Hall–Kier alpha value is -1.73. The lowest BCUT2D eigenvalue weighted by Gasteiger charge is -2.35. The number of carbonyl (C=O) groups excluding carboxylic acids is 2. The van der Waals surface area contributed by atoms with E-state index < -0.39 is 17.7 Å². The minimum Gasteiger partial charge on any atom is -0.444 e. The van der Waals surface area contributed by atoms with E-state index in [9.17, 15) is 9.59 Å². The smallest absolute Gasteiger partial charge is 0.411 e. The molecule has 1 aromatic carbocycles.